The van der Waals surface area contributed by atoms with E-state index >= 15 is 0 Å². The van der Waals surface area contributed by atoms with E-state index in [-0.39, 0.29) is 23.0 Å². The fourth-order valence-corrected chi connectivity index (χ4v) is 1.10. The molecule has 0 aromatic heterocycles. The van der Waals surface area contributed by atoms with Crippen molar-refractivity contribution >= 4 is 5.91 Å². The van der Waals surface area contributed by atoms with Gasteiger partial charge in [-0.05, 0) is 57.8 Å². The number of hydrogen-bond donors (Lipinski definition) is 0. The van der Waals surface area contributed by atoms with Crippen molar-refractivity contribution in [2.24, 2.45) is 0 Å². The molecule has 0 saturated heterocycles. The minimum absolute atomic E-state index is 0. The van der Waals surface area contributed by atoms with Gasteiger partial charge in [0.2, 0.25) is 5.91 Å². The number of rotatable bonds is 1. The molecule has 84 valence electrons. The first-order chi connectivity index (χ1) is 7.22. The van der Waals surface area contributed by atoms with Gasteiger partial charge < -0.3 is 4.90 Å². The molecule has 0 unspecified atom stereocenters. The number of amides is 1. The van der Waals surface area contributed by atoms with E-state index in [2.05, 4.69) is 0 Å². The average Bonchev–Trinajstić information content (AvgIpc) is 2.92. The Kier molecular flexibility index (Phi) is 9.06. The van der Waals surface area contributed by atoms with Gasteiger partial charge in [-0.3, -0.25) is 4.79 Å². The summed E-state index contributed by atoms with van der Waals surface area (Å²) < 4.78 is 0. The minimum Gasteiger partial charge on any atom is -0.348 e. The van der Waals surface area contributed by atoms with Crippen molar-refractivity contribution in [2.75, 3.05) is 14.1 Å². The van der Waals surface area contributed by atoms with Crippen LogP contribution < -0.4 is 0 Å². The number of hydrogen-bond acceptors (Lipinski definition) is 1. The molecule has 2 rings (SSSR count). The Bertz CT molecular complexity index is 177. The van der Waals surface area contributed by atoms with Gasteiger partial charge >= 0.3 is 17.1 Å². The standard InChI is InChI=1S/C8H10NO.C5H5.Fe/c1-9(2)8(10)7-5-3-4-6-7;1-2-4-5-3-1;/h3-6H,1-2H3;1-5H;/q;;+2. The first-order valence-electron chi connectivity index (χ1n) is 4.82. The Balaban J connectivity index is 0.000000318. The van der Waals surface area contributed by atoms with Crippen LogP contribution in [0, 0.1) is 63.7 Å². The van der Waals surface area contributed by atoms with Gasteiger partial charge in [0.15, 0.2) is 0 Å². The third kappa shape index (κ3) is 5.91. The summed E-state index contributed by atoms with van der Waals surface area (Å²) in [5.74, 6) is 0.815. The van der Waals surface area contributed by atoms with Crippen molar-refractivity contribution in [1.82, 2.24) is 4.90 Å². The van der Waals surface area contributed by atoms with E-state index < -0.39 is 0 Å². The van der Waals surface area contributed by atoms with Crippen LogP contribution in [0.15, 0.2) is 0 Å². The molecular formula is C13H15FeNO+2. The quantitative estimate of drug-likeness (QED) is 0.652. The summed E-state index contributed by atoms with van der Waals surface area (Å²) in [5.41, 5.74) is 0. The molecule has 10 radical (unpaired) electrons. The Labute approximate surface area is 111 Å². The SMILES string of the molecule is CN(C)C(=O)[C]1[CH][CH][CH][CH]1.[CH]1[CH][CH][CH][CH]1.[Fe+2]. The van der Waals surface area contributed by atoms with Crippen LogP contribution in [0.1, 0.15) is 0 Å². The van der Waals surface area contributed by atoms with Gasteiger partial charge in [0.05, 0.1) is 5.92 Å². The molecule has 0 aromatic carbocycles. The summed E-state index contributed by atoms with van der Waals surface area (Å²) >= 11 is 0. The molecule has 0 spiro atoms. The zero-order chi connectivity index (χ0) is 11.1. The molecule has 2 aliphatic carbocycles. The van der Waals surface area contributed by atoms with Crippen LogP contribution in [0.25, 0.3) is 0 Å². The summed E-state index contributed by atoms with van der Waals surface area (Å²) in [6.45, 7) is 0. The van der Waals surface area contributed by atoms with Crippen LogP contribution in [-0.4, -0.2) is 24.9 Å². The molecule has 2 aliphatic rings. The molecule has 0 N–H and O–H groups in total. The summed E-state index contributed by atoms with van der Waals surface area (Å²) in [6, 6.07) is 0. The number of nitrogens with zero attached hydrogens (tertiary/aromatic N) is 1. The molecule has 0 bridgehead atoms. The molecule has 2 nitrogen and oxygen atoms in total. The molecule has 16 heavy (non-hydrogen) atoms. The van der Waals surface area contributed by atoms with Gasteiger partial charge in [-0.15, -0.1) is 0 Å². The van der Waals surface area contributed by atoms with Gasteiger partial charge in [0.25, 0.3) is 0 Å². The molecule has 0 heterocycles. The van der Waals surface area contributed by atoms with E-state index in [0.717, 1.165) is 5.92 Å². The van der Waals surface area contributed by atoms with Crippen LogP contribution in [-0.2, 0) is 21.9 Å². The Morgan fingerprint density at radius 3 is 1.56 bits per heavy atom. The zero-order valence-electron chi connectivity index (χ0n) is 9.41. The molecular weight excluding hydrogens is 242 g/mol. The van der Waals surface area contributed by atoms with Crippen molar-refractivity contribution in [1.29, 1.82) is 0 Å². The monoisotopic (exact) mass is 257 g/mol. The maximum absolute atomic E-state index is 11.1. The van der Waals surface area contributed by atoms with Crippen LogP contribution in [0.2, 0.25) is 0 Å². The van der Waals surface area contributed by atoms with Crippen LogP contribution in [0.3, 0.4) is 0 Å². The normalized spacial score (nSPS) is 19.6. The predicted molar refractivity (Wildman–Crippen MR) is 60.6 cm³/mol. The number of carbonyl (C=O) groups is 1. The largest absolute Gasteiger partial charge is 2.00 e. The molecule has 2 fully saturated rings. The van der Waals surface area contributed by atoms with E-state index in [9.17, 15) is 4.79 Å². The number of carbonyl (C=O) groups excluding carboxylic acids is 1. The van der Waals surface area contributed by atoms with Crippen molar-refractivity contribution in [2.45, 2.75) is 0 Å². The third-order valence-corrected chi connectivity index (χ3v) is 1.87. The first kappa shape index (κ1) is 16.0. The molecule has 1 amide bonds. The first-order valence-corrected chi connectivity index (χ1v) is 4.82. The van der Waals surface area contributed by atoms with Crippen LogP contribution in [0.4, 0.5) is 0 Å². The molecule has 0 aromatic rings. The van der Waals surface area contributed by atoms with Crippen LogP contribution in [0.5, 0.6) is 0 Å². The Morgan fingerprint density at radius 2 is 1.25 bits per heavy atom. The molecule has 0 aliphatic heterocycles. The van der Waals surface area contributed by atoms with Gasteiger partial charge in [-0.2, -0.15) is 0 Å². The summed E-state index contributed by atoms with van der Waals surface area (Å²) in [7, 11) is 3.49. The maximum atomic E-state index is 11.1. The Morgan fingerprint density at radius 1 is 0.875 bits per heavy atom. The summed E-state index contributed by atoms with van der Waals surface area (Å²) in [5, 5.41) is 0. The van der Waals surface area contributed by atoms with Gasteiger partial charge in [0.1, 0.15) is 0 Å². The summed E-state index contributed by atoms with van der Waals surface area (Å²) in [6.07, 6.45) is 17.3. The van der Waals surface area contributed by atoms with E-state index in [0.29, 0.717) is 0 Å². The second-order valence-electron chi connectivity index (χ2n) is 3.34. The van der Waals surface area contributed by atoms with Crippen molar-refractivity contribution in [3.8, 4) is 0 Å². The minimum atomic E-state index is 0. The second kappa shape index (κ2) is 9.06. The molecule has 2 saturated carbocycles. The summed E-state index contributed by atoms with van der Waals surface area (Å²) in [4.78, 5) is 12.7. The van der Waals surface area contributed by atoms with Gasteiger partial charge in [0, 0.05) is 14.1 Å². The van der Waals surface area contributed by atoms with Crippen molar-refractivity contribution in [3.63, 3.8) is 0 Å². The predicted octanol–water partition coefficient (Wildman–Crippen LogP) is 1.50. The van der Waals surface area contributed by atoms with Gasteiger partial charge in [-0.25, -0.2) is 0 Å². The topological polar surface area (TPSA) is 20.3 Å². The van der Waals surface area contributed by atoms with E-state index in [1.54, 1.807) is 19.0 Å². The van der Waals surface area contributed by atoms with E-state index in [1.165, 1.54) is 0 Å². The van der Waals surface area contributed by atoms with Crippen molar-refractivity contribution in [3.05, 3.63) is 63.7 Å². The van der Waals surface area contributed by atoms with E-state index in [4.69, 9.17) is 0 Å². The smallest absolute Gasteiger partial charge is 0.348 e. The molecule has 3 heteroatoms. The second-order valence-corrected chi connectivity index (χ2v) is 3.34. The third-order valence-electron chi connectivity index (χ3n) is 1.87. The fourth-order valence-electron chi connectivity index (χ4n) is 1.10. The van der Waals surface area contributed by atoms with Crippen LogP contribution >= 0.6 is 0 Å². The van der Waals surface area contributed by atoms with E-state index in [1.807, 2.05) is 57.8 Å². The maximum Gasteiger partial charge on any atom is 2.00 e. The van der Waals surface area contributed by atoms with Crippen molar-refractivity contribution < 1.29 is 21.9 Å². The fraction of sp³-hybridized carbons (Fsp3) is 0.154. The average molecular weight is 257 g/mol. The molecule has 0 atom stereocenters. The van der Waals surface area contributed by atoms with Gasteiger partial charge in [-0.1, -0.05) is 0 Å². The zero-order valence-corrected chi connectivity index (χ0v) is 10.5. The Hall–Kier alpha value is -0.0105.